The van der Waals surface area contributed by atoms with Gasteiger partial charge in [0.1, 0.15) is 0 Å². The van der Waals surface area contributed by atoms with E-state index in [0.29, 0.717) is 3.58 Å². The predicted molar refractivity (Wildman–Crippen MR) is 94.5 cm³/mol. The fourth-order valence-electron chi connectivity index (χ4n) is 1.79. The van der Waals surface area contributed by atoms with E-state index in [-0.39, 0.29) is 0 Å². The molecule has 0 heterocycles. The van der Waals surface area contributed by atoms with Crippen LogP contribution in [0.2, 0.25) is 0 Å². The van der Waals surface area contributed by atoms with Crippen molar-refractivity contribution in [1.29, 1.82) is 0 Å². The van der Waals surface area contributed by atoms with Crippen LogP contribution in [0.15, 0.2) is 66.8 Å². The molecule has 0 spiro atoms. The van der Waals surface area contributed by atoms with Crippen molar-refractivity contribution in [2.75, 3.05) is 0 Å². The first kappa shape index (κ1) is 20.7. The SMILES string of the molecule is C/C=C/C(=O)[O][Sn]([O]C(=O)/C=C/C)([O]C(=O)/C=C/C)[c]1ccccc1. The van der Waals surface area contributed by atoms with E-state index in [0.717, 1.165) is 0 Å². The summed E-state index contributed by atoms with van der Waals surface area (Å²) < 4.78 is 16.7. The molecule has 0 aliphatic rings. The van der Waals surface area contributed by atoms with Gasteiger partial charge in [0.05, 0.1) is 0 Å². The Balaban J connectivity index is 3.41. The van der Waals surface area contributed by atoms with Gasteiger partial charge >= 0.3 is 152 Å². The second-order valence-corrected chi connectivity index (χ2v) is 11.3. The van der Waals surface area contributed by atoms with E-state index in [2.05, 4.69) is 0 Å². The molecule has 0 atom stereocenters. The first-order chi connectivity index (χ1) is 12.0. The summed E-state index contributed by atoms with van der Waals surface area (Å²) in [7, 11) is 0. The van der Waals surface area contributed by atoms with Gasteiger partial charge in [-0.2, -0.15) is 0 Å². The molecule has 132 valence electrons. The standard InChI is InChI=1S/C6H5.3C4H6O2.Sn/c1-2-4-6-5-3-1;3*1-2-3-4(5)6;/h1-5H;3*2-3H,1H3,(H,5,6);/q;;;;+3/p-3/b;3*3-2+;. The summed E-state index contributed by atoms with van der Waals surface area (Å²) in [6.45, 7) is 4.91. The van der Waals surface area contributed by atoms with Crippen LogP contribution in [0.5, 0.6) is 0 Å². The topological polar surface area (TPSA) is 78.9 Å². The minimum absolute atomic E-state index is 0.380. The second-order valence-electron chi connectivity index (χ2n) is 4.69. The molecule has 0 aromatic heterocycles. The van der Waals surface area contributed by atoms with Crippen molar-refractivity contribution in [2.45, 2.75) is 20.8 Å². The van der Waals surface area contributed by atoms with E-state index < -0.39 is 37.5 Å². The maximum atomic E-state index is 12.0. The minimum atomic E-state index is -5.11. The van der Waals surface area contributed by atoms with Crippen LogP contribution in [0.4, 0.5) is 0 Å². The van der Waals surface area contributed by atoms with E-state index in [9.17, 15) is 14.4 Å². The summed E-state index contributed by atoms with van der Waals surface area (Å²) in [4.78, 5) is 36.1. The van der Waals surface area contributed by atoms with Gasteiger partial charge in [-0.15, -0.1) is 0 Å². The van der Waals surface area contributed by atoms with E-state index in [1.54, 1.807) is 51.1 Å². The molecule has 1 aromatic rings. The van der Waals surface area contributed by atoms with Crippen molar-refractivity contribution in [3.05, 3.63) is 66.8 Å². The molecule has 6 nitrogen and oxygen atoms in total. The molecule has 0 radical (unpaired) electrons. The number of hydrogen-bond donors (Lipinski definition) is 0. The zero-order chi connectivity index (χ0) is 18.7. The van der Waals surface area contributed by atoms with Gasteiger partial charge in [0.25, 0.3) is 0 Å². The second kappa shape index (κ2) is 10.5. The molecule has 0 aliphatic heterocycles. The van der Waals surface area contributed by atoms with Crippen molar-refractivity contribution < 1.29 is 23.6 Å². The monoisotopic (exact) mass is 452 g/mol. The molecule has 0 amide bonds. The quantitative estimate of drug-likeness (QED) is 0.468. The van der Waals surface area contributed by atoms with Crippen LogP contribution in [0.1, 0.15) is 20.8 Å². The number of rotatable bonds is 7. The fourth-order valence-corrected chi connectivity index (χ4v) is 7.72. The molecule has 7 heteroatoms. The summed E-state index contributed by atoms with van der Waals surface area (Å²) in [6, 6.07) is 8.31. The molecule has 25 heavy (non-hydrogen) atoms. The number of hydrogen-bond acceptors (Lipinski definition) is 6. The third kappa shape index (κ3) is 6.58. The third-order valence-corrected chi connectivity index (χ3v) is 9.73. The third-order valence-electron chi connectivity index (χ3n) is 2.74. The number of benzene rings is 1. The van der Waals surface area contributed by atoms with Gasteiger partial charge in [-0.25, -0.2) is 0 Å². The first-order valence-corrected chi connectivity index (χ1v) is 12.5. The van der Waals surface area contributed by atoms with Gasteiger partial charge in [0.15, 0.2) is 0 Å². The summed E-state index contributed by atoms with van der Waals surface area (Å²) in [6.07, 6.45) is 7.94. The van der Waals surface area contributed by atoms with Crippen molar-refractivity contribution >= 4 is 41.1 Å². The Morgan fingerprint density at radius 1 is 0.720 bits per heavy atom. The normalized spacial score (nSPS) is 11.8. The van der Waals surface area contributed by atoms with E-state index in [4.69, 9.17) is 9.22 Å². The molecule has 0 fully saturated rings. The molecule has 0 aliphatic carbocycles. The van der Waals surface area contributed by atoms with Gasteiger partial charge in [-0.05, 0) is 0 Å². The Kier molecular flexibility index (Phi) is 8.69. The Morgan fingerprint density at radius 2 is 1.08 bits per heavy atom. The van der Waals surface area contributed by atoms with Crippen molar-refractivity contribution in [2.24, 2.45) is 0 Å². The predicted octanol–water partition coefficient (Wildman–Crippen LogP) is 2.19. The molecule has 1 rings (SSSR count). The number of allylic oxidation sites excluding steroid dienone is 3. The summed E-state index contributed by atoms with van der Waals surface area (Å²) in [5.41, 5.74) is 0. The van der Waals surface area contributed by atoms with Gasteiger partial charge in [0.2, 0.25) is 0 Å². The van der Waals surface area contributed by atoms with Crippen LogP contribution in [0.25, 0.3) is 0 Å². The Morgan fingerprint density at radius 3 is 1.40 bits per heavy atom. The molecular formula is C18H20O6Sn. The molecule has 0 saturated heterocycles. The summed E-state index contributed by atoms with van der Waals surface area (Å²) >= 11 is -5.11. The van der Waals surface area contributed by atoms with Gasteiger partial charge in [-0.3, -0.25) is 0 Å². The van der Waals surface area contributed by atoms with Crippen LogP contribution >= 0.6 is 0 Å². The van der Waals surface area contributed by atoms with Crippen LogP contribution in [-0.4, -0.2) is 37.5 Å². The molecule has 1 aromatic carbocycles. The molecule has 0 unspecified atom stereocenters. The average molecular weight is 451 g/mol. The zero-order valence-electron chi connectivity index (χ0n) is 14.3. The van der Waals surface area contributed by atoms with Crippen LogP contribution in [-0.2, 0) is 23.6 Å². The van der Waals surface area contributed by atoms with E-state index in [1.807, 2.05) is 0 Å². The Hall–Kier alpha value is -2.35. The molecule has 0 N–H and O–H groups in total. The van der Waals surface area contributed by atoms with Crippen LogP contribution < -0.4 is 3.58 Å². The fraction of sp³-hybridized carbons (Fsp3) is 0.167. The molecule has 0 saturated carbocycles. The Labute approximate surface area is 152 Å². The van der Waals surface area contributed by atoms with E-state index in [1.165, 1.54) is 36.5 Å². The van der Waals surface area contributed by atoms with Crippen molar-refractivity contribution in [3.63, 3.8) is 0 Å². The van der Waals surface area contributed by atoms with Crippen molar-refractivity contribution in [3.8, 4) is 0 Å². The van der Waals surface area contributed by atoms with Gasteiger partial charge in [-0.1, -0.05) is 0 Å². The number of carbonyl (C=O) groups excluding carboxylic acids is 3. The van der Waals surface area contributed by atoms with Gasteiger partial charge in [0, 0.05) is 0 Å². The van der Waals surface area contributed by atoms with Crippen LogP contribution in [0, 0.1) is 0 Å². The molecular weight excluding hydrogens is 431 g/mol. The summed E-state index contributed by atoms with van der Waals surface area (Å²) in [5.74, 6) is -2.24. The average Bonchev–Trinajstić information content (AvgIpc) is 2.56. The zero-order valence-corrected chi connectivity index (χ0v) is 17.2. The first-order valence-electron chi connectivity index (χ1n) is 7.60. The molecule has 0 bridgehead atoms. The Bertz CT molecular complexity index is 626. The maximum absolute atomic E-state index is 12.0. The van der Waals surface area contributed by atoms with E-state index >= 15 is 0 Å². The van der Waals surface area contributed by atoms with Gasteiger partial charge < -0.3 is 0 Å². The summed E-state index contributed by atoms with van der Waals surface area (Å²) in [5, 5.41) is 0. The van der Waals surface area contributed by atoms with Crippen molar-refractivity contribution in [1.82, 2.24) is 0 Å². The number of carbonyl (C=O) groups is 3. The van der Waals surface area contributed by atoms with Crippen LogP contribution in [0.3, 0.4) is 0 Å².